The van der Waals surface area contributed by atoms with Crippen LogP contribution in [0.1, 0.15) is 51.9 Å². The maximum absolute atomic E-state index is 10.1. The number of hydrogen-bond donors (Lipinski definition) is 1. The molecule has 0 radical (unpaired) electrons. The van der Waals surface area contributed by atoms with Crippen molar-refractivity contribution in [1.29, 1.82) is 0 Å². The number of aliphatic carboxylic acids is 1. The lowest BCUT2D eigenvalue weighted by Crippen LogP contribution is -1.85. The summed E-state index contributed by atoms with van der Waals surface area (Å²) in [5.74, 6) is -0.842. The SMILES string of the molecule is CCCCCCCCC=CC(=O)O.O. The average Bonchev–Trinajstić information content (AvgIpc) is 2.09. The molecule has 0 atom stereocenters. The lowest BCUT2D eigenvalue weighted by molar-refractivity contribution is -0.131. The van der Waals surface area contributed by atoms with Gasteiger partial charge in [-0.15, -0.1) is 0 Å². The monoisotopic (exact) mass is 202 g/mol. The molecular weight excluding hydrogens is 180 g/mol. The van der Waals surface area contributed by atoms with Gasteiger partial charge < -0.3 is 10.6 Å². The van der Waals surface area contributed by atoms with Crippen LogP contribution in [0, 0.1) is 0 Å². The Morgan fingerprint density at radius 1 is 1.14 bits per heavy atom. The highest BCUT2D eigenvalue weighted by molar-refractivity contribution is 5.79. The van der Waals surface area contributed by atoms with Crippen LogP contribution in [-0.4, -0.2) is 16.6 Å². The van der Waals surface area contributed by atoms with Crippen LogP contribution in [0.25, 0.3) is 0 Å². The quantitative estimate of drug-likeness (QED) is 0.485. The molecular formula is C11H22O3. The molecule has 3 nitrogen and oxygen atoms in total. The Bertz CT molecular complexity index is 153. The predicted molar refractivity (Wildman–Crippen MR) is 58.4 cm³/mol. The van der Waals surface area contributed by atoms with Crippen molar-refractivity contribution in [3.63, 3.8) is 0 Å². The molecule has 0 amide bonds. The van der Waals surface area contributed by atoms with E-state index in [9.17, 15) is 4.79 Å². The van der Waals surface area contributed by atoms with Crippen molar-refractivity contribution in [3.05, 3.63) is 12.2 Å². The third-order valence-corrected chi connectivity index (χ3v) is 1.98. The molecule has 0 saturated carbocycles. The maximum Gasteiger partial charge on any atom is 0.327 e. The van der Waals surface area contributed by atoms with Crippen LogP contribution in [0.2, 0.25) is 0 Å². The number of unbranched alkanes of at least 4 members (excludes halogenated alkanes) is 6. The molecule has 0 aromatic rings. The average molecular weight is 202 g/mol. The highest BCUT2D eigenvalue weighted by Crippen LogP contribution is 2.06. The lowest BCUT2D eigenvalue weighted by atomic mass is 10.1. The molecule has 84 valence electrons. The first-order chi connectivity index (χ1) is 6.27. The third kappa shape index (κ3) is 13.7. The van der Waals surface area contributed by atoms with Crippen LogP contribution in [0.5, 0.6) is 0 Å². The van der Waals surface area contributed by atoms with Gasteiger partial charge in [-0.3, -0.25) is 0 Å². The fourth-order valence-electron chi connectivity index (χ4n) is 1.23. The highest BCUT2D eigenvalue weighted by Gasteiger charge is 1.89. The summed E-state index contributed by atoms with van der Waals surface area (Å²) in [6.45, 7) is 2.20. The molecule has 3 heteroatoms. The Hall–Kier alpha value is -0.830. The topological polar surface area (TPSA) is 68.8 Å². The van der Waals surface area contributed by atoms with E-state index in [1.165, 1.54) is 38.2 Å². The van der Waals surface area contributed by atoms with Gasteiger partial charge in [-0.1, -0.05) is 45.1 Å². The van der Waals surface area contributed by atoms with E-state index >= 15 is 0 Å². The first-order valence-electron chi connectivity index (χ1n) is 5.17. The van der Waals surface area contributed by atoms with Gasteiger partial charge in [0.25, 0.3) is 0 Å². The van der Waals surface area contributed by atoms with Crippen molar-refractivity contribution < 1.29 is 15.4 Å². The summed E-state index contributed by atoms with van der Waals surface area (Å²) < 4.78 is 0. The van der Waals surface area contributed by atoms with E-state index in [-0.39, 0.29) is 5.48 Å². The van der Waals surface area contributed by atoms with Crippen molar-refractivity contribution in [1.82, 2.24) is 0 Å². The van der Waals surface area contributed by atoms with Gasteiger partial charge in [-0.05, 0) is 12.8 Å². The summed E-state index contributed by atoms with van der Waals surface area (Å²) in [6, 6.07) is 0. The van der Waals surface area contributed by atoms with E-state index < -0.39 is 5.97 Å². The molecule has 0 rings (SSSR count). The second kappa shape index (κ2) is 12.2. The largest absolute Gasteiger partial charge is 0.478 e. The minimum absolute atomic E-state index is 0. The molecule has 0 saturated heterocycles. The third-order valence-electron chi connectivity index (χ3n) is 1.98. The molecule has 0 aromatic heterocycles. The van der Waals surface area contributed by atoms with Crippen LogP contribution >= 0.6 is 0 Å². The Balaban J connectivity index is 0. The number of carboxylic acids is 1. The van der Waals surface area contributed by atoms with Crippen LogP contribution < -0.4 is 0 Å². The van der Waals surface area contributed by atoms with Gasteiger partial charge in [0, 0.05) is 6.08 Å². The van der Waals surface area contributed by atoms with Crippen molar-refractivity contribution in [3.8, 4) is 0 Å². The minimum Gasteiger partial charge on any atom is -0.478 e. The van der Waals surface area contributed by atoms with Crippen molar-refractivity contribution in [2.24, 2.45) is 0 Å². The minimum atomic E-state index is -0.842. The van der Waals surface area contributed by atoms with E-state index in [4.69, 9.17) is 5.11 Å². The van der Waals surface area contributed by atoms with Crippen molar-refractivity contribution >= 4 is 5.97 Å². The fourth-order valence-corrected chi connectivity index (χ4v) is 1.23. The number of carboxylic acid groups (broad SMARTS) is 1. The molecule has 0 unspecified atom stereocenters. The molecule has 0 bridgehead atoms. The first kappa shape index (κ1) is 15.6. The molecule has 14 heavy (non-hydrogen) atoms. The number of rotatable bonds is 8. The van der Waals surface area contributed by atoms with Gasteiger partial charge in [0.2, 0.25) is 0 Å². The van der Waals surface area contributed by atoms with Crippen molar-refractivity contribution in [2.75, 3.05) is 0 Å². The van der Waals surface area contributed by atoms with Gasteiger partial charge in [0.05, 0.1) is 0 Å². The zero-order valence-electron chi connectivity index (χ0n) is 8.96. The standard InChI is InChI=1S/C11H20O2.H2O/c1-2-3-4-5-6-7-8-9-10-11(12)13;/h9-10H,2-8H2,1H3,(H,12,13);1H2. The van der Waals surface area contributed by atoms with E-state index in [1.807, 2.05) is 0 Å². The van der Waals surface area contributed by atoms with Gasteiger partial charge in [0.15, 0.2) is 0 Å². The summed E-state index contributed by atoms with van der Waals surface area (Å²) in [5.41, 5.74) is 0. The van der Waals surface area contributed by atoms with Crippen molar-refractivity contribution in [2.45, 2.75) is 51.9 Å². The Labute approximate surface area is 86.1 Å². The Morgan fingerprint density at radius 3 is 2.29 bits per heavy atom. The molecule has 0 aliphatic heterocycles. The Morgan fingerprint density at radius 2 is 1.71 bits per heavy atom. The van der Waals surface area contributed by atoms with Gasteiger partial charge in [-0.2, -0.15) is 0 Å². The zero-order valence-corrected chi connectivity index (χ0v) is 8.96. The molecule has 0 fully saturated rings. The van der Waals surface area contributed by atoms with Gasteiger partial charge in [0.1, 0.15) is 0 Å². The number of hydrogen-bond acceptors (Lipinski definition) is 1. The van der Waals surface area contributed by atoms with E-state index in [0.29, 0.717) is 0 Å². The second-order valence-corrected chi connectivity index (χ2v) is 3.30. The summed E-state index contributed by atoms with van der Waals surface area (Å²) >= 11 is 0. The predicted octanol–water partition coefficient (Wildman–Crippen LogP) is 2.55. The summed E-state index contributed by atoms with van der Waals surface area (Å²) in [5, 5.41) is 8.30. The molecule has 0 aliphatic carbocycles. The van der Waals surface area contributed by atoms with Gasteiger partial charge in [-0.25, -0.2) is 4.79 Å². The van der Waals surface area contributed by atoms with Gasteiger partial charge >= 0.3 is 5.97 Å². The Kier molecular flexibility index (Phi) is 13.6. The first-order valence-corrected chi connectivity index (χ1v) is 5.17. The second-order valence-electron chi connectivity index (χ2n) is 3.30. The van der Waals surface area contributed by atoms with Crippen LogP contribution in [0.4, 0.5) is 0 Å². The zero-order chi connectivity index (χ0) is 9.94. The number of allylic oxidation sites excluding steroid dienone is 1. The molecule has 3 N–H and O–H groups in total. The van der Waals surface area contributed by atoms with Crippen LogP contribution in [0.3, 0.4) is 0 Å². The summed E-state index contributed by atoms with van der Waals surface area (Å²) in [4.78, 5) is 10.1. The fraction of sp³-hybridized carbons (Fsp3) is 0.727. The van der Waals surface area contributed by atoms with Crippen LogP contribution in [0.15, 0.2) is 12.2 Å². The molecule has 0 spiro atoms. The van der Waals surface area contributed by atoms with Crippen LogP contribution in [-0.2, 0) is 4.79 Å². The summed E-state index contributed by atoms with van der Waals surface area (Å²) in [7, 11) is 0. The normalized spacial score (nSPS) is 10.1. The molecule has 0 heterocycles. The van der Waals surface area contributed by atoms with E-state index in [0.717, 1.165) is 12.8 Å². The maximum atomic E-state index is 10.1. The number of carbonyl (C=O) groups is 1. The highest BCUT2D eigenvalue weighted by atomic mass is 16.4. The smallest absolute Gasteiger partial charge is 0.327 e. The molecule has 0 aromatic carbocycles. The van der Waals surface area contributed by atoms with E-state index in [2.05, 4.69) is 6.92 Å². The van der Waals surface area contributed by atoms with E-state index in [1.54, 1.807) is 6.08 Å². The lowest BCUT2D eigenvalue weighted by Gasteiger charge is -1.96. The summed E-state index contributed by atoms with van der Waals surface area (Å²) in [6.07, 6.45) is 11.4. The molecule has 0 aliphatic rings.